The molecule has 2 aliphatic carbocycles. The van der Waals surface area contributed by atoms with Crippen LogP contribution in [0.5, 0.6) is 0 Å². The van der Waals surface area contributed by atoms with Crippen molar-refractivity contribution in [3.8, 4) is 11.1 Å². The first-order chi connectivity index (χ1) is 13.6. The summed E-state index contributed by atoms with van der Waals surface area (Å²) in [6.45, 7) is 2.01. The Labute approximate surface area is 167 Å². The van der Waals surface area contributed by atoms with Gasteiger partial charge in [0.25, 0.3) is 5.56 Å². The lowest BCUT2D eigenvalue weighted by Crippen LogP contribution is -2.34. The fourth-order valence-electron chi connectivity index (χ4n) is 5.18. The number of benzene rings is 1. The number of carbonyl (C=O) groups excluding carboxylic acids is 1. The highest BCUT2D eigenvalue weighted by atomic mass is 32.1. The number of thiophene rings is 1. The minimum Gasteiger partial charge on any atom is -0.273 e. The third-order valence-electron chi connectivity index (χ3n) is 6.43. The number of rotatable bonds is 4. The van der Waals surface area contributed by atoms with Crippen molar-refractivity contribution >= 4 is 27.5 Å². The molecule has 2 fully saturated rings. The number of nitrogens with zero attached hydrogens (tertiary/aromatic N) is 2. The molecule has 1 amide bonds. The Balaban J connectivity index is 1.45. The summed E-state index contributed by atoms with van der Waals surface area (Å²) in [7, 11) is 0. The average molecular weight is 394 g/mol. The maximum atomic E-state index is 13.2. The van der Waals surface area contributed by atoms with E-state index < -0.39 is 0 Å². The maximum Gasteiger partial charge on any atom is 0.281 e. The lowest BCUT2D eigenvalue weighted by molar-refractivity contribution is -0.118. The molecule has 1 N–H and O–H groups in total. The van der Waals surface area contributed by atoms with Crippen LogP contribution in [0.25, 0.3) is 21.3 Å². The third kappa shape index (κ3) is 2.96. The number of aryl methyl sites for hydroxylation is 1. The highest BCUT2D eigenvalue weighted by Crippen LogP contribution is 2.49. The van der Waals surface area contributed by atoms with Crippen LogP contribution in [-0.2, 0) is 4.79 Å². The van der Waals surface area contributed by atoms with Gasteiger partial charge in [-0.1, -0.05) is 36.8 Å². The van der Waals surface area contributed by atoms with Gasteiger partial charge in [0.15, 0.2) is 0 Å². The summed E-state index contributed by atoms with van der Waals surface area (Å²) in [4.78, 5) is 31.9. The Morgan fingerprint density at radius 3 is 2.79 bits per heavy atom. The number of aromatic nitrogens is 2. The summed E-state index contributed by atoms with van der Waals surface area (Å²) in [5.41, 5.74) is 4.48. The lowest BCUT2D eigenvalue weighted by Gasteiger charge is -2.21. The molecule has 0 spiro atoms. The van der Waals surface area contributed by atoms with Crippen LogP contribution in [0.4, 0.5) is 0 Å². The first kappa shape index (κ1) is 17.6. The molecule has 2 aromatic heterocycles. The molecule has 2 saturated carbocycles. The van der Waals surface area contributed by atoms with E-state index in [9.17, 15) is 9.59 Å². The Bertz CT molecular complexity index is 1100. The lowest BCUT2D eigenvalue weighted by atomic mass is 9.86. The van der Waals surface area contributed by atoms with Gasteiger partial charge in [-0.3, -0.25) is 15.0 Å². The largest absolute Gasteiger partial charge is 0.281 e. The van der Waals surface area contributed by atoms with Crippen molar-refractivity contribution in [3.63, 3.8) is 0 Å². The Kier molecular flexibility index (Phi) is 4.31. The average Bonchev–Trinajstić information content (AvgIpc) is 3.38. The van der Waals surface area contributed by atoms with Gasteiger partial charge in [-0.05, 0) is 49.5 Å². The number of fused-ring (bicyclic) bond motifs is 3. The molecule has 6 heteroatoms. The molecule has 3 aromatic rings. The van der Waals surface area contributed by atoms with Crippen LogP contribution in [0.15, 0.2) is 41.5 Å². The summed E-state index contributed by atoms with van der Waals surface area (Å²) in [6.07, 6.45) is 6.95. The standard InChI is InChI=1S/C22H23N3O2S/c1-13-19(15-5-3-2-4-6-15)20-21(28-13)23-12-25(22(20)27)24-18(26)11-17-10-14-7-8-16(17)9-14/h2-6,12,14,16-17H,7-11H2,1H3,(H,24,26). The summed E-state index contributed by atoms with van der Waals surface area (Å²) in [5, 5.41) is 0.580. The van der Waals surface area contributed by atoms with Gasteiger partial charge in [-0.2, -0.15) is 0 Å². The second-order valence-corrected chi connectivity index (χ2v) is 9.38. The molecular formula is C22H23N3O2S. The molecule has 144 valence electrons. The molecule has 0 aliphatic heterocycles. The smallest absolute Gasteiger partial charge is 0.273 e. The van der Waals surface area contributed by atoms with Crippen LogP contribution in [0, 0.1) is 24.7 Å². The maximum absolute atomic E-state index is 13.2. The van der Waals surface area contributed by atoms with Gasteiger partial charge in [0.2, 0.25) is 5.91 Å². The fourth-order valence-corrected chi connectivity index (χ4v) is 6.18. The third-order valence-corrected chi connectivity index (χ3v) is 7.44. The van der Waals surface area contributed by atoms with E-state index in [1.165, 1.54) is 41.6 Å². The van der Waals surface area contributed by atoms with Crippen LogP contribution in [-0.4, -0.2) is 15.6 Å². The van der Waals surface area contributed by atoms with Gasteiger partial charge >= 0.3 is 0 Å². The van der Waals surface area contributed by atoms with E-state index in [0.29, 0.717) is 28.5 Å². The number of amides is 1. The summed E-state index contributed by atoms with van der Waals surface area (Å²) in [5.74, 6) is 1.88. The molecule has 2 aliphatic rings. The quantitative estimate of drug-likeness (QED) is 0.718. The zero-order valence-corrected chi connectivity index (χ0v) is 16.7. The molecular weight excluding hydrogens is 370 g/mol. The van der Waals surface area contributed by atoms with Crippen molar-refractivity contribution in [1.82, 2.24) is 9.66 Å². The molecule has 2 bridgehead atoms. The molecule has 5 nitrogen and oxygen atoms in total. The van der Waals surface area contributed by atoms with Crippen molar-refractivity contribution in [1.29, 1.82) is 0 Å². The molecule has 2 heterocycles. The predicted octanol–water partition coefficient (Wildman–Crippen LogP) is 4.33. The highest BCUT2D eigenvalue weighted by molar-refractivity contribution is 7.19. The highest BCUT2D eigenvalue weighted by Gasteiger charge is 2.40. The zero-order chi connectivity index (χ0) is 19.3. The van der Waals surface area contributed by atoms with Crippen molar-refractivity contribution in [2.45, 2.75) is 39.0 Å². The summed E-state index contributed by atoms with van der Waals surface area (Å²) in [6, 6.07) is 9.88. The van der Waals surface area contributed by atoms with Crippen molar-refractivity contribution in [2.75, 3.05) is 5.43 Å². The molecule has 3 atom stereocenters. The van der Waals surface area contributed by atoms with Crippen LogP contribution in [0.2, 0.25) is 0 Å². The Hall–Kier alpha value is -2.47. The van der Waals surface area contributed by atoms with E-state index >= 15 is 0 Å². The minimum atomic E-state index is -0.213. The zero-order valence-electron chi connectivity index (χ0n) is 15.9. The van der Waals surface area contributed by atoms with Gasteiger partial charge in [0.05, 0.1) is 5.39 Å². The monoisotopic (exact) mass is 393 g/mol. The second-order valence-electron chi connectivity index (χ2n) is 8.17. The first-order valence-corrected chi connectivity index (χ1v) is 10.8. The first-order valence-electron chi connectivity index (χ1n) is 9.96. The van der Waals surface area contributed by atoms with Crippen LogP contribution in [0.1, 0.15) is 37.0 Å². The summed E-state index contributed by atoms with van der Waals surface area (Å²) < 4.78 is 1.26. The van der Waals surface area contributed by atoms with Crippen molar-refractivity contribution < 1.29 is 4.79 Å². The summed E-state index contributed by atoms with van der Waals surface area (Å²) >= 11 is 1.51. The van der Waals surface area contributed by atoms with E-state index in [-0.39, 0.29) is 11.5 Å². The van der Waals surface area contributed by atoms with Crippen LogP contribution >= 0.6 is 11.3 Å². The van der Waals surface area contributed by atoms with Crippen molar-refractivity contribution in [2.24, 2.45) is 17.8 Å². The molecule has 0 saturated heterocycles. The Morgan fingerprint density at radius 1 is 1.25 bits per heavy atom. The molecule has 0 radical (unpaired) electrons. The van der Waals surface area contributed by atoms with Gasteiger partial charge in [-0.15, -0.1) is 11.3 Å². The van der Waals surface area contributed by atoms with E-state index in [0.717, 1.165) is 28.3 Å². The van der Waals surface area contributed by atoms with E-state index in [1.807, 2.05) is 37.3 Å². The van der Waals surface area contributed by atoms with Gasteiger partial charge in [-0.25, -0.2) is 9.66 Å². The number of carbonyl (C=O) groups is 1. The molecule has 1 aromatic carbocycles. The second kappa shape index (κ2) is 6.85. The van der Waals surface area contributed by atoms with Crippen LogP contribution < -0.4 is 11.0 Å². The number of hydrogen-bond acceptors (Lipinski definition) is 4. The van der Waals surface area contributed by atoms with Crippen LogP contribution in [0.3, 0.4) is 0 Å². The SMILES string of the molecule is Cc1sc2ncn(NC(=O)CC3CC4CCC3C4)c(=O)c2c1-c1ccccc1. The molecule has 3 unspecified atom stereocenters. The van der Waals surface area contributed by atoms with Gasteiger partial charge in [0.1, 0.15) is 11.2 Å². The predicted molar refractivity (Wildman–Crippen MR) is 112 cm³/mol. The topological polar surface area (TPSA) is 64.0 Å². The number of nitrogens with one attached hydrogen (secondary N) is 1. The molecule has 5 rings (SSSR count). The van der Waals surface area contributed by atoms with Gasteiger partial charge in [0, 0.05) is 16.9 Å². The molecule has 28 heavy (non-hydrogen) atoms. The minimum absolute atomic E-state index is 0.0889. The van der Waals surface area contributed by atoms with Crippen molar-refractivity contribution in [3.05, 3.63) is 51.9 Å². The van der Waals surface area contributed by atoms with E-state index in [4.69, 9.17) is 0 Å². The van der Waals surface area contributed by atoms with Gasteiger partial charge < -0.3 is 0 Å². The normalized spacial score (nSPS) is 23.4. The van der Waals surface area contributed by atoms with E-state index in [2.05, 4.69) is 10.4 Å². The van der Waals surface area contributed by atoms with E-state index in [1.54, 1.807) is 0 Å². The number of hydrogen-bond donors (Lipinski definition) is 1. The Morgan fingerprint density at radius 2 is 2.07 bits per heavy atom. The fraction of sp³-hybridized carbons (Fsp3) is 0.409.